The van der Waals surface area contributed by atoms with E-state index in [0.29, 0.717) is 32.1 Å². The van der Waals surface area contributed by atoms with Crippen LogP contribution >= 0.6 is 0 Å². The topological polar surface area (TPSA) is 38.2 Å². The molecule has 0 unspecified atom stereocenters. The molecule has 0 aromatic carbocycles. The summed E-state index contributed by atoms with van der Waals surface area (Å²) in [7, 11) is 0. The van der Waals surface area contributed by atoms with Crippen LogP contribution in [0, 0.1) is 0 Å². The molecule has 1 aromatic rings. The zero-order chi connectivity index (χ0) is 11.6. The van der Waals surface area contributed by atoms with Gasteiger partial charge in [0.25, 0.3) is 0 Å². The minimum Gasteiger partial charge on any atom is -0.378 e. The largest absolute Gasteiger partial charge is 0.433 e. The first kappa shape index (κ1) is 11.1. The fraction of sp³-hybridized carbons (Fsp3) is 0.556. The first-order valence-corrected chi connectivity index (χ1v) is 4.79. The molecule has 1 aromatic heterocycles. The number of hydrogen-bond donors (Lipinski definition) is 0. The van der Waals surface area contributed by atoms with Gasteiger partial charge in [0.15, 0.2) is 0 Å². The van der Waals surface area contributed by atoms with Crippen molar-refractivity contribution >= 4 is 5.82 Å². The van der Waals surface area contributed by atoms with Gasteiger partial charge in [0, 0.05) is 19.2 Å². The molecular formula is C9H10F3N3O. The summed E-state index contributed by atoms with van der Waals surface area (Å²) in [6.45, 7) is 2.11. The Labute approximate surface area is 90.1 Å². The number of rotatable bonds is 1. The Hall–Kier alpha value is -1.37. The molecule has 2 rings (SSSR count). The van der Waals surface area contributed by atoms with Gasteiger partial charge >= 0.3 is 6.18 Å². The molecule has 0 radical (unpaired) electrons. The lowest BCUT2D eigenvalue weighted by Crippen LogP contribution is -2.37. The summed E-state index contributed by atoms with van der Waals surface area (Å²) in [5.74, 6) is 0.297. The zero-order valence-corrected chi connectivity index (χ0v) is 8.37. The molecule has 0 bridgehead atoms. The van der Waals surface area contributed by atoms with Crippen LogP contribution in [-0.4, -0.2) is 36.3 Å². The normalized spacial score (nSPS) is 17.6. The average Bonchev–Trinajstić information content (AvgIpc) is 2.29. The minimum absolute atomic E-state index is 0.297. The SMILES string of the molecule is FC(F)(F)c1cc(N2CCOCC2)ncn1. The first-order chi connectivity index (χ1) is 7.57. The number of ether oxygens (including phenoxy) is 1. The van der Waals surface area contributed by atoms with Gasteiger partial charge in [-0.3, -0.25) is 0 Å². The van der Waals surface area contributed by atoms with Crippen molar-refractivity contribution in [3.05, 3.63) is 18.1 Å². The van der Waals surface area contributed by atoms with E-state index in [-0.39, 0.29) is 0 Å². The Balaban J connectivity index is 2.21. The maximum absolute atomic E-state index is 12.4. The Bertz CT molecular complexity index is 363. The van der Waals surface area contributed by atoms with Crippen molar-refractivity contribution in [3.63, 3.8) is 0 Å². The van der Waals surface area contributed by atoms with Crippen LogP contribution in [-0.2, 0) is 10.9 Å². The van der Waals surface area contributed by atoms with Gasteiger partial charge in [-0.15, -0.1) is 0 Å². The second kappa shape index (κ2) is 4.25. The Morgan fingerprint density at radius 3 is 2.50 bits per heavy atom. The van der Waals surface area contributed by atoms with E-state index < -0.39 is 11.9 Å². The van der Waals surface area contributed by atoms with Crippen LogP contribution < -0.4 is 4.90 Å². The quantitative estimate of drug-likeness (QED) is 0.733. The number of halogens is 3. The van der Waals surface area contributed by atoms with Crippen molar-refractivity contribution in [2.75, 3.05) is 31.2 Å². The Morgan fingerprint density at radius 2 is 1.88 bits per heavy atom. The third-order valence-corrected chi connectivity index (χ3v) is 2.28. The highest BCUT2D eigenvalue weighted by atomic mass is 19.4. The van der Waals surface area contributed by atoms with Crippen LogP contribution in [0.3, 0.4) is 0 Å². The average molecular weight is 233 g/mol. The molecule has 2 heterocycles. The minimum atomic E-state index is -4.43. The summed E-state index contributed by atoms with van der Waals surface area (Å²) in [6.07, 6.45) is -3.49. The van der Waals surface area contributed by atoms with Gasteiger partial charge in [-0.2, -0.15) is 13.2 Å². The van der Waals surface area contributed by atoms with Crippen LogP contribution in [0.25, 0.3) is 0 Å². The van der Waals surface area contributed by atoms with Crippen molar-refractivity contribution in [1.82, 2.24) is 9.97 Å². The molecule has 0 N–H and O–H groups in total. The van der Waals surface area contributed by atoms with Crippen LogP contribution in [0.2, 0.25) is 0 Å². The number of nitrogens with zero attached hydrogens (tertiary/aromatic N) is 3. The second-order valence-electron chi connectivity index (χ2n) is 3.36. The molecule has 0 saturated carbocycles. The lowest BCUT2D eigenvalue weighted by atomic mass is 10.3. The third kappa shape index (κ3) is 2.41. The molecule has 1 aliphatic heterocycles. The summed E-state index contributed by atoms with van der Waals surface area (Å²) in [5, 5.41) is 0. The highest BCUT2D eigenvalue weighted by molar-refractivity contribution is 5.39. The summed E-state index contributed by atoms with van der Waals surface area (Å²) in [6, 6.07) is 0.964. The summed E-state index contributed by atoms with van der Waals surface area (Å²) in [4.78, 5) is 8.80. The number of hydrogen-bond acceptors (Lipinski definition) is 4. The van der Waals surface area contributed by atoms with E-state index >= 15 is 0 Å². The van der Waals surface area contributed by atoms with Gasteiger partial charge in [0.2, 0.25) is 0 Å². The van der Waals surface area contributed by atoms with E-state index in [4.69, 9.17) is 4.74 Å². The van der Waals surface area contributed by atoms with E-state index in [1.54, 1.807) is 4.90 Å². The van der Waals surface area contributed by atoms with E-state index in [0.717, 1.165) is 12.4 Å². The second-order valence-corrected chi connectivity index (χ2v) is 3.36. The van der Waals surface area contributed by atoms with E-state index in [1.807, 2.05) is 0 Å². The van der Waals surface area contributed by atoms with Crippen molar-refractivity contribution in [2.45, 2.75) is 6.18 Å². The third-order valence-electron chi connectivity index (χ3n) is 2.28. The maximum atomic E-state index is 12.4. The summed E-state index contributed by atoms with van der Waals surface area (Å²) >= 11 is 0. The van der Waals surface area contributed by atoms with Crippen LogP contribution in [0.4, 0.5) is 19.0 Å². The molecule has 1 saturated heterocycles. The Morgan fingerprint density at radius 1 is 1.19 bits per heavy atom. The molecule has 0 spiro atoms. The molecule has 0 aliphatic carbocycles. The van der Waals surface area contributed by atoms with Gasteiger partial charge in [0.05, 0.1) is 13.2 Å². The lowest BCUT2D eigenvalue weighted by Gasteiger charge is -2.27. The fourth-order valence-corrected chi connectivity index (χ4v) is 1.47. The number of anilines is 1. The Kier molecular flexibility index (Phi) is 2.95. The number of aromatic nitrogens is 2. The first-order valence-electron chi connectivity index (χ1n) is 4.79. The van der Waals surface area contributed by atoms with Crippen LogP contribution in [0.1, 0.15) is 5.69 Å². The molecule has 4 nitrogen and oxygen atoms in total. The van der Waals surface area contributed by atoms with Crippen molar-refractivity contribution in [2.24, 2.45) is 0 Å². The molecule has 0 atom stereocenters. The van der Waals surface area contributed by atoms with Crippen LogP contribution in [0.5, 0.6) is 0 Å². The molecule has 88 valence electrons. The zero-order valence-electron chi connectivity index (χ0n) is 8.37. The fourth-order valence-electron chi connectivity index (χ4n) is 1.47. The predicted octanol–water partition coefficient (Wildman–Crippen LogP) is 1.33. The van der Waals surface area contributed by atoms with Crippen molar-refractivity contribution in [1.29, 1.82) is 0 Å². The monoisotopic (exact) mass is 233 g/mol. The molecular weight excluding hydrogens is 223 g/mol. The van der Waals surface area contributed by atoms with Gasteiger partial charge in [-0.05, 0) is 0 Å². The van der Waals surface area contributed by atoms with E-state index in [2.05, 4.69) is 9.97 Å². The van der Waals surface area contributed by atoms with Gasteiger partial charge in [-0.1, -0.05) is 0 Å². The highest BCUT2D eigenvalue weighted by Gasteiger charge is 2.33. The number of alkyl halides is 3. The molecule has 0 amide bonds. The van der Waals surface area contributed by atoms with Gasteiger partial charge < -0.3 is 9.64 Å². The molecule has 7 heteroatoms. The molecule has 1 fully saturated rings. The van der Waals surface area contributed by atoms with E-state index in [9.17, 15) is 13.2 Å². The predicted molar refractivity (Wildman–Crippen MR) is 50.1 cm³/mol. The highest BCUT2D eigenvalue weighted by Crippen LogP contribution is 2.28. The number of morpholine rings is 1. The standard InChI is InChI=1S/C9H10F3N3O/c10-9(11,12)7-5-8(14-6-13-7)15-1-3-16-4-2-15/h5-6H,1-4H2. The summed E-state index contributed by atoms with van der Waals surface area (Å²) < 4.78 is 42.3. The summed E-state index contributed by atoms with van der Waals surface area (Å²) in [5.41, 5.74) is -0.913. The molecule has 1 aliphatic rings. The van der Waals surface area contributed by atoms with Crippen LogP contribution in [0.15, 0.2) is 12.4 Å². The maximum Gasteiger partial charge on any atom is 0.433 e. The van der Waals surface area contributed by atoms with Crippen molar-refractivity contribution in [3.8, 4) is 0 Å². The van der Waals surface area contributed by atoms with Crippen molar-refractivity contribution < 1.29 is 17.9 Å². The van der Waals surface area contributed by atoms with Gasteiger partial charge in [0.1, 0.15) is 17.8 Å². The lowest BCUT2D eigenvalue weighted by molar-refractivity contribution is -0.141. The molecule has 16 heavy (non-hydrogen) atoms. The van der Waals surface area contributed by atoms with Gasteiger partial charge in [-0.25, -0.2) is 9.97 Å². The van der Waals surface area contributed by atoms with E-state index in [1.165, 1.54) is 0 Å². The smallest absolute Gasteiger partial charge is 0.378 e.